The van der Waals surface area contributed by atoms with Crippen LogP contribution in [0.25, 0.3) is 21.8 Å². The van der Waals surface area contributed by atoms with Gasteiger partial charge in [-0.2, -0.15) is 0 Å². The number of hydrogen-bond donors (Lipinski definition) is 3. The third kappa shape index (κ3) is 4.96. The van der Waals surface area contributed by atoms with Gasteiger partial charge in [0.2, 0.25) is 5.91 Å². The molecule has 1 amide bonds. The molecule has 0 saturated heterocycles. The number of amides is 1. The number of carbonyl (C=O) groups is 1. The fourth-order valence-corrected chi connectivity index (χ4v) is 4.56. The average Bonchev–Trinajstić information content (AvgIpc) is 3.30. The molecule has 0 spiro atoms. The molecular weight excluding hydrogens is 432 g/mol. The van der Waals surface area contributed by atoms with Crippen LogP contribution in [0.5, 0.6) is 0 Å². The summed E-state index contributed by atoms with van der Waals surface area (Å²) < 4.78 is 0. The molecule has 0 aliphatic heterocycles. The molecule has 0 aliphatic carbocycles. The average molecular weight is 463 g/mol. The largest absolute Gasteiger partial charge is 0.361 e. The molecule has 35 heavy (non-hydrogen) atoms. The Hall–Kier alpha value is -3.96. The normalized spacial score (nSPS) is 14.0. The maximum atomic E-state index is 13.7. The van der Waals surface area contributed by atoms with Gasteiger partial charge in [0.25, 0.3) is 0 Å². The van der Waals surface area contributed by atoms with Crippen LogP contribution in [0.1, 0.15) is 36.7 Å². The van der Waals surface area contributed by atoms with Gasteiger partial charge in [0.1, 0.15) is 0 Å². The molecule has 3 N–H and O–H groups in total. The van der Waals surface area contributed by atoms with E-state index in [9.17, 15) is 4.79 Å². The summed E-state index contributed by atoms with van der Waals surface area (Å²) in [6, 6.07) is 30.3. The lowest BCUT2D eigenvalue weighted by atomic mass is 9.90. The van der Waals surface area contributed by atoms with Crippen molar-refractivity contribution < 1.29 is 4.79 Å². The highest BCUT2D eigenvalue weighted by Crippen LogP contribution is 2.24. The maximum Gasteiger partial charge on any atom is 0.240 e. The second-order valence-corrected chi connectivity index (χ2v) is 9.32. The summed E-state index contributed by atoms with van der Waals surface area (Å²) in [5.41, 5.74) is 4.25. The molecule has 2 atom stereocenters. The minimum absolute atomic E-state index is 0.0417. The van der Waals surface area contributed by atoms with Gasteiger partial charge in [0, 0.05) is 35.5 Å². The Morgan fingerprint density at radius 3 is 2.54 bits per heavy atom. The smallest absolute Gasteiger partial charge is 0.240 e. The summed E-state index contributed by atoms with van der Waals surface area (Å²) in [5, 5.41) is 9.02. The number of hydrogen-bond acceptors (Lipinski definition) is 3. The van der Waals surface area contributed by atoms with E-state index in [2.05, 4.69) is 39.9 Å². The zero-order valence-corrected chi connectivity index (χ0v) is 20.1. The van der Waals surface area contributed by atoms with E-state index < -0.39 is 5.54 Å². The highest BCUT2D eigenvalue weighted by atomic mass is 16.2. The van der Waals surface area contributed by atoms with Crippen molar-refractivity contribution in [1.82, 2.24) is 20.6 Å². The number of aromatic amines is 1. The number of para-hydroxylation sites is 2. The van der Waals surface area contributed by atoms with Crippen LogP contribution >= 0.6 is 0 Å². The fourth-order valence-electron chi connectivity index (χ4n) is 4.56. The highest BCUT2D eigenvalue weighted by molar-refractivity contribution is 5.89. The van der Waals surface area contributed by atoms with Gasteiger partial charge in [-0.15, -0.1) is 0 Å². The van der Waals surface area contributed by atoms with Crippen molar-refractivity contribution in [3.05, 3.63) is 114 Å². The molecule has 0 bridgehead atoms. The Bertz CT molecular complexity index is 1460. The van der Waals surface area contributed by atoms with E-state index in [1.54, 1.807) is 0 Å². The van der Waals surface area contributed by atoms with Crippen molar-refractivity contribution in [1.29, 1.82) is 0 Å². The summed E-state index contributed by atoms with van der Waals surface area (Å²) in [7, 11) is 0. The van der Waals surface area contributed by atoms with Crippen molar-refractivity contribution in [2.45, 2.75) is 38.4 Å². The number of carbonyl (C=O) groups excluding carboxylic acids is 1. The summed E-state index contributed by atoms with van der Waals surface area (Å²) in [6.07, 6.45) is 2.55. The quantitative estimate of drug-likeness (QED) is 0.278. The van der Waals surface area contributed by atoms with E-state index in [-0.39, 0.29) is 11.9 Å². The molecule has 0 radical (unpaired) electrons. The van der Waals surface area contributed by atoms with Gasteiger partial charge in [-0.1, -0.05) is 72.8 Å². The lowest BCUT2D eigenvalue weighted by Crippen LogP contribution is -2.56. The van der Waals surface area contributed by atoms with Crippen LogP contribution in [0.2, 0.25) is 0 Å². The van der Waals surface area contributed by atoms with Gasteiger partial charge in [0.15, 0.2) is 0 Å². The summed E-state index contributed by atoms with van der Waals surface area (Å²) in [6.45, 7) is 4.48. The topological polar surface area (TPSA) is 69.8 Å². The number of nitrogens with one attached hydrogen (secondary N) is 3. The molecule has 2 aromatic heterocycles. The van der Waals surface area contributed by atoms with Crippen LogP contribution in [-0.2, 0) is 17.8 Å². The summed E-state index contributed by atoms with van der Waals surface area (Å²) in [4.78, 5) is 21.9. The standard InChI is InChI=1S/C30H30N4O/c1-21(22-10-4-3-5-11-22)33-29(35)30(2,18-24-19-31-28-15-9-7-13-26(24)28)32-20-25-17-16-23-12-6-8-14-27(23)34-25/h3-17,19,21,31-32H,18,20H2,1-2H3,(H,33,35). The van der Waals surface area contributed by atoms with Gasteiger partial charge >= 0.3 is 0 Å². The minimum atomic E-state index is -0.846. The van der Waals surface area contributed by atoms with Crippen molar-refractivity contribution in [2.75, 3.05) is 0 Å². The molecule has 0 saturated carbocycles. The minimum Gasteiger partial charge on any atom is -0.361 e. The predicted octanol–water partition coefficient (Wildman–Crippen LogP) is 5.68. The first-order chi connectivity index (χ1) is 17.0. The van der Waals surface area contributed by atoms with Gasteiger partial charge in [0.05, 0.1) is 22.8 Å². The third-order valence-electron chi connectivity index (χ3n) is 6.68. The first-order valence-corrected chi connectivity index (χ1v) is 12.0. The van der Waals surface area contributed by atoms with Crippen molar-refractivity contribution in [2.24, 2.45) is 0 Å². The molecule has 5 heteroatoms. The Kier molecular flexibility index (Phi) is 6.34. The molecule has 0 fully saturated rings. The number of benzene rings is 3. The maximum absolute atomic E-state index is 13.7. The Labute approximate surface area is 205 Å². The number of rotatable bonds is 8. The number of fused-ring (bicyclic) bond motifs is 2. The van der Waals surface area contributed by atoms with E-state index in [1.807, 2.05) is 86.8 Å². The van der Waals surface area contributed by atoms with E-state index in [0.29, 0.717) is 13.0 Å². The predicted molar refractivity (Wildman–Crippen MR) is 142 cm³/mol. The van der Waals surface area contributed by atoms with Crippen molar-refractivity contribution >= 4 is 27.7 Å². The SMILES string of the molecule is CC(NC(=O)C(C)(Cc1c[nH]c2ccccc12)NCc1ccc2ccccc2n1)c1ccccc1. The molecule has 2 heterocycles. The van der Waals surface area contributed by atoms with Gasteiger partial charge in [-0.05, 0) is 43.2 Å². The molecule has 5 rings (SSSR count). The van der Waals surface area contributed by atoms with Crippen LogP contribution in [0.4, 0.5) is 0 Å². The second-order valence-electron chi connectivity index (χ2n) is 9.32. The number of H-pyrrole nitrogens is 1. The molecule has 5 aromatic rings. The first kappa shape index (κ1) is 22.8. The molecule has 5 nitrogen and oxygen atoms in total. The fraction of sp³-hybridized carbons (Fsp3) is 0.200. The van der Waals surface area contributed by atoms with Crippen LogP contribution in [-0.4, -0.2) is 21.4 Å². The number of aromatic nitrogens is 2. The monoisotopic (exact) mass is 462 g/mol. The Morgan fingerprint density at radius 1 is 0.943 bits per heavy atom. The summed E-state index contributed by atoms with van der Waals surface area (Å²) >= 11 is 0. The zero-order chi connectivity index (χ0) is 24.3. The number of nitrogens with zero attached hydrogens (tertiary/aromatic N) is 1. The lowest BCUT2D eigenvalue weighted by Gasteiger charge is -2.31. The first-order valence-electron chi connectivity index (χ1n) is 12.0. The molecule has 3 aromatic carbocycles. The van der Waals surface area contributed by atoms with Gasteiger partial charge in [-0.3, -0.25) is 15.1 Å². The van der Waals surface area contributed by atoms with E-state index in [1.165, 1.54) is 0 Å². The number of pyridine rings is 1. The highest BCUT2D eigenvalue weighted by Gasteiger charge is 2.34. The van der Waals surface area contributed by atoms with Gasteiger partial charge < -0.3 is 10.3 Å². The van der Waals surface area contributed by atoms with E-state index in [0.717, 1.165) is 38.6 Å². The van der Waals surface area contributed by atoms with Crippen LogP contribution in [0, 0.1) is 0 Å². The molecule has 2 unspecified atom stereocenters. The van der Waals surface area contributed by atoms with Crippen LogP contribution in [0.3, 0.4) is 0 Å². The third-order valence-corrected chi connectivity index (χ3v) is 6.68. The van der Waals surface area contributed by atoms with Crippen molar-refractivity contribution in [3.63, 3.8) is 0 Å². The van der Waals surface area contributed by atoms with E-state index >= 15 is 0 Å². The zero-order valence-electron chi connectivity index (χ0n) is 20.1. The lowest BCUT2D eigenvalue weighted by molar-refractivity contribution is -0.127. The molecular formula is C30H30N4O. The van der Waals surface area contributed by atoms with Crippen LogP contribution < -0.4 is 10.6 Å². The second kappa shape index (κ2) is 9.72. The van der Waals surface area contributed by atoms with E-state index in [4.69, 9.17) is 4.98 Å². The Morgan fingerprint density at radius 2 is 1.69 bits per heavy atom. The van der Waals surface area contributed by atoms with Crippen LogP contribution in [0.15, 0.2) is 97.2 Å². The van der Waals surface area contributed by atoms with Crippen molar-refractivity contribution in [3.8, 4) is 0 Å². The summed E-state index contributed by atoms with van der Waals surface area (Å²) in [5.74, 6) is -0.0417. The Balaban J connectivity index is 1.41. The molecule has 0 aliphatic rings. The van der Waals surface area contributed by atoms with Gasteiger partial charge in [-0.25, -0.2) is 0 Å². The molecule has 176 valence electrons.